The summed E-state index contributed by atoms with van der Waals surface area (Å²) in [5, 5.41) is 2.98. The van der Waals surface area contributed by atoms with Crippen LogP contribution in [-0.2, 0) is 26.2 Å². The van der Waals surface area contributed by atoms with Gasteiger partial charge in [-0.15, -0.1) is 0 Å². The molecule has 2 amide bonds. The maximum absolute atomic E-state index is 14.0. The number of nitrogens with one attached hydrogen (secondary N) is 1. The minimum atomic E-state index is -4.28. The smallest absolute Gasteiger partial charge is 0.264 e. The predicted octanol–water partition coefficient (Wildman–Crippen LogP) is 6.05. The van der Waals surface area contributed by atoms with Gasteiger partial charge in [-0.3, -0.25) is 13.9 Å². The molecule has 0 unspecified atom stereocenters. The average molecular weight is 609 g/mol. The van der Waals surface area contributed by atoms with E-state index in [1.165, 1.54) is 59.5 Å². The highest BCUT2D eigenvalue weighted by Gasteiger charge is 2.34. The number of benzene rings is 3. The Labute approximate surface area is 244 Å². The number of carbonyl (C=O) groups is 2. The molecular formula is C29H32Cl2FN3O4S. The molecule has 0 heterocycles. The van der Waals surface area contributed by atoms with Crippen LogP contribution >= 0.6 is 23.2 Å². The van der Waals surface area contributed by atoms with Gasteiger partial charge in [-0.05, 0) is 61.7 Å². The van der Waals surface area contributed by atoms with E-state index in [1.54, 1.807) is 25.1 Å². The Balaban J connectivity index is 2.08. The Hall–Kier alpha value is -3.14. The molecule has 0 aliphatic heterocycles. The van der Waals surface area contributed by atoms with Crippen LogP contribution in [0.25, 0.3) is 0 Å². The summed E-state index contributed by atoms with van der Waals surface area (Å²) in [7, 11) is -4.28. The monoisotopic (exact) mass is 607 g/mol. The minimum Gasteiger partial charge on any atom is -0.352 e. The van der Waals surface area contributed by atoms with E-state index in [-0.39, 0.29) is 45.5 Å². The van der Waals surface area contributed by atoms with Gasteiger partial charge in [-0.2, -0.15) is 0 Å². The number of sulfonamides is 1. The number of hydrogen-bond acceptors (Lipinski definition) is 4. The fraction of sp³-hybridized carbons (Fsp3) is 0.310. The molecule has 0 fully saturated rings. The molecule has 3 rings (SSSR count). The van der Waals surface area contributed by atoms with Crippen LogP contribution in [0.4, 0.5) is 10.1 Å². The SMILES string of the molecule is CC[C@@H](C)NC(=O)[C@H](CC)N(Cc1ccc(F)cc1)C(=O)CN(c1cccc(Cl)c1Cl)S(=O)(=O)c1ccccc1. The van der Waals surface area contributed by atoms with E-state index in [0.717, 1.165) is 4.31 Å². The Morgan fingerprint density at radius 3 is 2.17 bits per heavy atom. The molecule has 11 heteroatoms. The molecule has 2 atom stereocenters. The zero-order valence-electron chi connectivity index (χ0n) is 22.5. The highest BCUT2D eigenvalue weighted by Crippen LogP contribution is 2.35. The van der Waals surface area contributed by atoms with Crippen LogP contribution in [0.15, 0.2) is 77.7 Å². The number of nitrogens with zero attached hydrogens (tertiary/aromatic N) is 2. The third-order valence-electron chi connectivity index (χ3n) is 6.46. The maximum atomic E-state index is 14.0. The number of anilines is 1. The van der Waals surface area contributed by atoms with Gasteiger partial charge in [-0.1, -0.05) is 73.4 Å². The second-order valence-electron chi connectivity index (χ2n) is 9.29. The number of amides is 2. The van der Waals surface area contributed by atoms with Crippen molar-refractivity contribution in [3.63, 3.8) is 0 Å². The third-order valence-corrected chi connectivity index (χ3v) is 9.05. The van der Waals surface area contributed by atoms with E-state index in [9.17, 15) is 22.4 Å². The van der Waals surface area contributed by atoms with Crippen LogP contribution in [0.1, 0.15) is 39.2 Å². The maximum Gasteiger partial charge on any atom is 0.264 e. The predicted molar refractivity (Wildman–Crippen MR) is 156 cm³/mol. The lowest BCUT2D eigenvalue weighted by Crippen LogP contribution is -2.53. The van der Waals surface area contributed by atoms with Crippen LogP contribution in [0.3, 0.4) is 0 Å². The van der Waals surface area contributed by atoms with Crippen LogP contribution in [0.2, 0.25) is 10.0 Å². The van der Waals surface area contributed by atoms with E-state index in [4.69, 9.17) is 23.2 Å². The first-order valence-electron chi connectivity index (χ1n) is 12.9. The summed E-state index contributed by atoms with van der Waals surface area (Å²) in [6.07, 6.45) is 0.947. The molecule has 40 heavy (non-hydrogen) atoms. The van der Waals surface area contributed by atoms with Gasteiger partial charge in [-0.25, -0.2) is 12.8 Å². The van der Waals surface area contributed by atoms with Gasteiger partial charge in [0.05, 0.1) is 20.6 Å². The Morgan fingerprint density at radius 1 is 0.925 bits per heavy atom. The molecule has 3 aromatic carbocycles. The first-order valence-corrected chi connectivity index (χ1v) is 15.0. The van der Waals surface area contributed by atoms with E-state index >= 15 is 0 Å². The molecule has 0 spiro atoms. The van der Waals surface area contributed by atoms with Crippen LogP contribution in [0.5, 0.6) is 0 Å². The zero-order chi connectivity index (χ0) is 29.4. The van der Waals surface area contributed by atoms with Crippen molar-refractivity contribution in [3.05, 3.63) is 94.2 Å². The van der Waals surface area contributed by atoms with Gasteiger partial charge in [0.25, 0.3) is 10.0 Å². The van der Waals surface area contributed by atoms with Crippen LogP contribution in [-0.4, -0.2) is 43.8 Å². The zero-order valence-corrected chi connectivity index (χ0v) is 24.8. The summed E-state index contributed by atoms with van der Waals surface area (Å²) >= 11 is 12.7. The van der Waals surface area contributed by atoms with Gasteiger partial charge in [0, 0.05) is 12.6 Å². The van der Waals surface area contributed by atoms with Gasteiger partial charge < -0.3 is 10.2 Å². The van der Waals surface area contributed by atoms with Crippen molar-refractivity contribution in [2.45, 2.75) is 57.1 Å². The average Bonchev–Trinajstić information content (AvgIpc) is 2.94. The number of rotatable bonds is 12. The minimum absolute atomic E-state index is 0.0187. The number of halogens is 3. The largest absolute Gasteiger partial charge is 0.352 e. The summed E-state index contributed by atoms with van der Waals surface area (Å²) in [4.78, 5) is 28.6. The second kappa shape index (κ2) is 14.0. The molecule has 0 saturated heterocycles. The topological polar surface area (TPSA) is 86.8 Å². The normalized spacial score (nSPS) is 12.8. The Bertz CT molecular complexity index is 1420. The standard InChI is InChI=1S/C29H32Cl2FN3O4S/c1-4-20(3)33-29(37)25(5-2)34(18-21-14-16-22(32)17-15-21)27(36)19-35(26-13-9-12-24(30)28(26)31)40(38,39)23-10-7-6-8-11-23/h6-17,20,25H,4-5,18-19H2,1-3H3,(H,33,37)/t20-,25+/m1/s1. The molecule has 0 aromatic heterocycles. The fourth-order valence-electron chi connectivity index (χ4n) is 4.07. The summed E-state index contributed by atoms with van der Waals surface area (Å²) in [5.74, 6) is -1.46. The number of hydrogen-bond donors (Lipinski definition) is 1. The molecule has 7 nitrogen and oxygen atoms in total. The molecule has 3 aromatic rings. The fourth-order valence-corrected chi connectivity index (χ4v) is 5.96. The third kappa shape index (κ3) is 7.53. The molecule has 1 N–H and O–H groups in total. The highest BCUT2D eigenvalue weighted by molar-refractivity contribution is 7.92. The van der Waals surface area contributed by atoms with Crippen molar-refractivity contribution < 1.29 is 22.4 Å². The van der Waals surface area contributed by atoms with Gasteiger partial charge >= 0.3 is 0 Å². The van der Waals surface area contributed by atoms with Crippen molar-refractivity contribution >= 4 is 50.7 Å². The summed E-state index contributed by atoms with van der Waals surface area (Å²) < 4.78 is 42.2. The van der Waals surface area contributed by atoms with Crippen molar-refractivity contribution in [1.82, 2.24) is 10.2 Å². The molecule has 0 radical (unpaired) electrons. The highest BCUT2D eigenvalue weighted by atomic mass is 35.5. The summed E-state index contributed by atoms with van der Waals surface area (Å²) in [5.41, 5.74) is 0.591. The van der Waals surface area contributed by atoms with E-state index < -0.39 is 34.3 Å². The molecule has 0 saturated carbocycles. The second-order valence-corrected chi connectivity index (χ2v) is 11.9. The lowest BCUT2D eigenvalue weighted by molar-refractivity contribution is -0.140. The van der Waals surface area contributed by atoms with Crippen LogP contribution < -0.4 is 9.62 Å². The van der Waals surface area contributed by atoms with E-state index in [1.807, 2.05) is 13.8 Å². The summed E-state index contributed by atoms with van der Waals surface area (Å²) in [6.45, 7) is 4.83. The van der Waals surface area contributed by atoms with E-state index in [2.05, 4.69) is 5.32 Å². The van der Waals surface area contributed by atoms with Crippen molar-refractivity contribution in [2.75, 3.05) is 10.8 Å². The lowest BCUT2D eigenvalue weighted by Gasteiger charge is -2.34. The van der Waals surface area contributed by atoms with Crippen LogP contribution in [0, 0.1) is 5.82 Å². The molecular weight excluding hydrogens is 576 g/mol. The Morgan fingerprint density at radius 2 is 1.57 bits per heavy atom. The molecule has 0 aliphatic rings. The van der Waals surface area contributed by atoms with Gasteiger partial charge in [0.1, 0.15) is 18.4 Å². The molecule has 214 valence electrons. The van der Waals surface area contributed by atoms with Gasteiger partial charge in [0.2, 0.25) is 11.8 Å². The quantitative estimate of drug-likeness (QED) is 0.271. The van der Waals surface area contributed by atoms with Crippen molar-refractivity contribution in [2.24, 2.45) is 0 Å². The molecule has 0 aliphatic carbocycles. The first-order chi connectivity index (χ1) is 19.0. The Kier molecular flexibility index (Phi) is 11.0. The van der Waals surface area contributed by atoms with Crippen molar-refractivity contribution in [3.8, 4) is 0 Å². The van der Waals surface area contributed by atoms with Gasteiger partial charge in [0.15, 0.2) is 0 Å². The van der Waals surface area contributed by atoms with E-state index in [0.29, 0.717) is 12.0 Å². The summed E-state index contributed by atoms with van der Waals surface area (Å²) in [6, 6.07) is 16.6. The first kappa shape index (κ1) is 31.4. The van der Waals surface area contributed by atoms with Crippen molar-refractivity contribution in [1.29, 1.82) is 0 Å². The lowest BCUT2D eigenvalue weighted by atomic mass is 10.1. The number of carbonyl (C=O) groups excluding carboxylic acids is 2. The molecule has 0 bridgehead atoms.